The van der Waals surface area contributed by atoms with Gasteiger partial charge in [-0.1, -0.05) is 6.92 Å². The normalized spacial score (nSPS) is 37.0. The second kappa shape index (κ2) is 5.34. The van der Waals surface area contributed by atoms with Crippen molar-refractivity contribution in [1.82, 2.24) is 4.90 Å². The van der Waals surface area contributed by atoms with E-state index >= 15 is 0 Å². The van der Waals surface area contributed by atoms with Crippen LogP contribution in [-0.2, 0) is 25.5 Å². The number of rotatable bonds is 0. The predicted molar refractivity (Wildman–Crippen MR) is 89.9 cm³/mol. The van der Waals surface area contributed by atoms with Gasteiger partial charge in [0.1, 0.15) is 12.2 Å². The van der Waals surface area contributed by atoms with E-state index in [1.54, 1.807) is 11.9 Å². The summed E-state index contributed by atoms with van der Waals surface area (Å²) in [5.41, 5.74) is 2.17. The third-order valence-corrected chi connectivity index (χ3v) is 5.66. The third kappa shape index (κ3) is 2.41. The first kappa shape index (κ1) is 16.4. The average molecular weight is 361 g/mol. The smallest absolute Gasteiger partial charge is 0.254 e. The summed E-state index contributed by atoms with van der Waals surface area (Å²) in [7, 11) is 1.79. The van der Waals surface area contributed by atoms with Gasteiger partial charge in [0.15, 0.2) is 23.4 Å². The standard InChI is InChI=1S/C19H23NO6/c1-9-11-6-13-12(22-8-23-13)5-10(11)7-20(4)18(21)17-16(15-14(9)24-15)25-19(2,3)26-17/h5-6,9,14-17H,7-8H2,1-4H3/t9-,14-,15-,16+,17-/m0/s1. The summed E-state index contributed by atoms with van der Waals surface area (Å²) in [6.45, 7) is 6.51. The van der Waals surface area contributed by atoms with Crippen LogP contribution in [0.25, 0.3) is 0 Å². The van der Waals surface area contributed by atoms with Crippen molar-refractivity contribution in [1.29, 1.82) is 0 Å². The Morgan fingerprint density at radius 2 is 1.81 bits per heavy atom. The van der Waals surface area contributed by atoms with Crippen LogP contribution in [0.3, 0.4) is 0 Å². The number of hydrogen-bond donors (Lipinski definition) is 0. The minimum atomic E-state index is -0.796. The summed E-state index contributed by atoms with van der Waals surface area (Å²) in [5.74, 6) is 0.738. The first-order chi connectivity index (χ1) is 12.3. The number of nitrogens with zero attached hydrogens (tertiary/aromatic N) is 1. The fourth-order valence-corrected chi connectivity index (χ4v) is 4.31. The van der Waals surface area contributed by atoms with Crippen LogP contribution in [-0.4, -0.2) is 54.9 Å². The first-order valence-electron chi connectivity index (χ1n) is 9.02. The molecule has 0 aromatic heterocycles. The van der Waals surface area contributed by atoms with Crippen LogP contribution < -0.4 is 9.47 Å². The molecule has 0 aliphatic carbocycles. The van der Waals surface area contributed by atoms with E-state index in [9.17, 15) is 4.79 Å². The molecule has 1 aromatic rings. The van der Waals surface area contributed by atoms with Gasteiger partial charge in [0.05, 0.1) is 6.10 Å². The van der Waals surface area contributed by atoms with Crippen molar-refractivity contribution in [3.63, 3.8) is 0 Å². The van der Waals surface area contributed by atoms with Gasteiger partial charge in [0, 0.05) is 19.5 Å². The minimum absolute atomic E-state index is 0.00433. The molecule has 0 spiro atoms. The molecular formula is C19H23NO6. The van der Waals surface area contributed by atoms with Crippen LogP contribution in [0.4, 0.5) is 0 Å². The molecule has 26 heavy (non-hydrogen) atoms. The molecule has 4 aliphatic rings. The summed E-state index contributed by atoms with van der Waals surface area (Å²) >= 11 is 0. The lowest BCUT2D eigenvalue weighted by Gasteiger charge is -2.26. The van der Waals surface area contributed by atoms with E-state index in [0.29, 0.717) is 6.54 Å². The highest BCUT2D eigenvalue weighted by Crippen LogP contribution is 2.47. The molecule has 0 saturated carbocycles. The van der Waals surface area contributed by atoms with Crippen LogP contribution in [0.1, 0.15) is 37.8 Å². The van der Waals surface area contributed by atoms with Gasteiger partial charge in [-0.2, -0.15) is 0 Å². The highest BCUT2D eigenvalue weighted by molar-refractivity contribution is 5.82. The molecule has 1 amide bonds. The first-order valence-corrected chi connectivity index (χ1v) is 9.02. The average Bonchev–Trinajstić information content (AvgIpc) is 3.13. The number of hydrogen-bond acceptors (Lipinski definition) is 6. The molecule has 1 aromatic carbocycles. The second-order valence-corrected chi connectivity index (χ2v) is 7.97. The Hall–Kier alpha value is -1.83. The molecule has 5 atom stereocenters. The molecule has 7 heteroatoms. The van der Waals surface area contributed by atoms with Crippen molar-refractivity contribution < 1.29 is 28.5 Å². The number of amides is 1. The molecule has 2 fully saturated rings. The second-order valence-electron chi connectivity index (χ2n) is 7.97. The lowest BCUT2D eigenvalue weighted by molar-refractivity contribution is -0.161. The summed E-state index contributed by atoms with van der Waals surface area (Å²) in [6.07, 6.45) is -1.18. The Bertz CT molecular complexity index is 778. The van der Waals surface area contributed by atoms with E-state index in [-0.39, 0.29) is 36.9 Å². The van der Waals surface area contributed by atoms with E-state index in [4.69, 9.17) is 23.7 Å². The third-order valence-electron chi connectivity index (χ3n) is 5.66. The molecule has 5 rings (SSSR count). The molecule has 0 radical (unpaired) electrons. The molecule has 0 bridgehead atoms. The van der Waals surface area contributed by atoms with E-state index in [1.165, 1.54) is 0 Å². The van der Waals surface area contributed by atoms with Crippen LogP contribution in [0.5, 0.6) is 11.5 Å². The fraction of sp³-hybridized carbons (Fsp3) is 0.632. The Morgan fingerprint density at radius 3 is 2.58 bits per heavy atom. The van der Waals surface area contributed by atoms with Gasteiger partial charge in [0.25, 0.3) is 5.91 Å². The van der Waals surface area contributed by atoms with Gasteiger partial charge in [0.2, 0.25) is 6.79 Å². The zero-order valence-electron chi connectivity index (χ0n) is 15.4. The number of ether oxygens (including phenoxy) is 5. The fourth-order valence-electron chi connectivity index (χ4n) is 4.31. The van der Waals surface area contributed by atoms with E-state index in [0.717, 1.165) is 22.6 Å². The van der Waals surface area contributed by atoms with Crippen molar-refractivity contribution >= 4 is 5.91 Å². The van der Waals surface area contributed by atoms with Crippen LogP contribution in [0.15, 0.2) is 12.1 Å². The zero-order chi connectivity index (χ0) is 18.2. The number of benzene rings is 1. The van der Waals surface area contributed by atoms with Gasteiger partial charge < -0.3 is 28.6 Å². The molecular weight excluding hydrogens is 338 g/mol. The Morgan fingerprint density at radius 1 is 1.08 bits per heavy atom. The van der Waals surface area contributed by atoms with Crippen LogP contribution in [0.2, 0.25) is 0 Å². The molecule has 4 heterocycles. The van der Waals surface area contributed by atoms with Gasteiger partial charge >= 0.3 is 0 Å². The molecule has 140 valence electrons. The number of carbonyl (C=O) groups is 1. The molecule has 4 aliphatic heterocycles. The topological polar surface area (TPSA) is 69.8 Å². The van der Waals surface area contributed by atoms with Gasteiger partial charge in [-0.15, -0.1) is 0 Å². The predicted octanol–water partition coefficient (Wildman–Crippen LogP) is 1.78. The van der Waals surface area contributed by atoms with Crippen molar-refractivity contribution in [2.45, 2.75) is 63.4 Å². The quantitative estimate of drug-likeness (QED) is 0.656. The van der Waals surface area contributed by atoms with Gasteiger partial charge in [-0.3, -0.25) is 4.79 Å². The van der Waals surface area contributed by atoms with Crippen molar-refractivity contribution in [3.05, 3.63) is 23.3 Å². The summed E-state index contributed by atoms with van der Waals surface area (Å²) in [5, 5.41) is 0. The zero-order valence-corrected chi connectivity index (χ0v) is 15.4. The molecule has 0 unspecified atom stereocenters. The number of likely N-dealkylation sites (N-methyl/N-ethyl adjacent to an activating group) is 1. The van der Waals surface area contributed by atoms with Gasteiger partial charge in [-0.25, -0.2) is 0 Å². The molecule has 7 nitrogen and oxygen atoms in total. The van der Waals surface area contributed by atoms with Gasteiger partial charge in [-0.05, 0) is 37.1 Å². The lowest BCUT2D eigenvalue weighted by atomic mass is 9.88. The summed E-state index contributed by atoms with van der Waals surface area (Å²) in [6, 6.07) is 4.00. The van der Waals surface area contributed by atoms with Crippen LogP contribution >= 0.6 is 0 Å². The maximum atomic E-state index is 13.0. The van der Waals surface area contributed by atoms with E-state index < -0.39 is 11.9 Å². The van der Waals surface area contributed by atoms with Crippen molar-refractivity contribution in [3.8, 4) is 11.5 Å². The largest absolute Gasteiger partial charge is 0.454 e. The number of carbonyl (C=O) groups excluding carboxylic acids is 1. The Labute approximate surface area is 152 Å². The van der Waals surface area contributed by atoms with Crippen molar-refractivity contribution in [2.75, 3.05) is 13.8 Å². The lowest BCUT2D eigenvalue weighted by Crippen LogP contribution is -2.44. The number of fused-ring (bicyclic) bond motifs is 5. The maximum Gasteiger partial charge on any atom is 0.254 e. The monoisotopic (exact) mass is 361 g/mol. The Kier molecular flexibility index (Phi) is 3.36. The minimum Gasteiger partial charge on any atom is -0.454 e. The summed E-state index contributed by atoms with van der Waals surface area (Å²) in [4.78, 5) is 14.7. The Balaban J connectivity index is 1.56. The maximum absolute atomic E-state index is 13.0. The van der Waals surface area contributed by atoms with E-state index in [1.807, 2.05) is 26.0 Å². The molecule has 2 saturated heterocycles. The summed E-state index contributed by atoms with van der Waals surface area (Å²) < 4.78 is 29.0. The highest BCUT2D eigenvalue weighted by atomic mass is 16.8. The van der Waals surface area contributed by atoms with Crippen LogP contribution in [0, 0.1) is 0 Å². The SMILES string of the molecule is C[C@H]1c2cc3c(cc2CN(C)C(=O)[C@H]2OC(C)(C)O[C@@H]2[C@H]2O[C@H]21)OCO3. The van der Waals surface area contributed by atoms with Crippen molar-refractivity contribution in [2.24, 2.45) is 0 Å². The van der Waals surface area contributed by atoms with E-state index in [2.05, 4.69) is 6.92 Å². The highest BCUT2D eigenvalue weighted by Gasteiger charge is 2.59. The molecule has 0 N–H and O–H groups in total. The number of epoxide rings is 1.